The van der Waals surface area contributed by atoms with Crippen LogP contribution >= 0.6 is 0 Å². The van der Waals surface area contributed by atoms with Crippen molar-refractivity contribution in [2.45, 2.75) is 58.0 Å². The molecule has 0 saturated carbocycles. The molecule has 0 bridgehead atoms. The van der Waals surface area contributed by atoms with Gasteiger partial charge in [0.15, 0.2) is 18.5 Å². The van der Waals surface area contributed by atoms with E-state index < -0.39 is 48.5 Å². The number of ether oxygens (including phenoxy) is 5. The maximum absolute atomic E-state index is 11.9. The Bertz CT molecular complexity index is 1030. The van der Waals surface area contributed by atoms with E-state index in [2.05, 4.69) is 15.6 Å². The Morgan fingerprint density at radius 1 is 1.09 bits per heavy atom. The standard InChI is InChI=1S/C22H28N4O8/c1-12(27)23-19-21(33-14(3)29)20(32-13(2)28)18(34-22(19)31-5)11-26-10-17(24-25-26)15-7-6-8-16(9-15)30-4/h6-10,18-22H,11H2,1-5H3,(H,23,27)/t18-,19-,20+,21-,22?/m1/s1. The number of amides is 1. The number of esters is 2. The summed E-state index contributed by atoms with van der Waals surface area (Å²) < 4.78 is 29.2. The smallest absolute Gasteiger partial charge is 0.303 e. The fourth-order valence-corrected chi connectivity index (χ4v) is 3.79. The second-order valence-electron chi connectivity index (χ2n) is 7.71. The van der Waals surface area contributed by atoms with Crippen LogP contribution < -0.4 is 10.1 Å². The number of rotatable bonds is 8. The van der Waals surface area contributed by atoms with Crippen LogP contribution in [-0.4, -0.2) is 77.7 Å². The van der Waals surface area contributed by atoms with E-state index in [4.69, 9.17) is 23.7 Å². The zero-order valence-electron chi connectivity index (χ0n) is 19.6. The van der Waals surface area contributed by atoms with Gasteiger partial charge in [0, 0.05) is 33.4 Å². The molecule has 5 atom stereocenters. The monoisotopic (exact) mass is 476 g/mol. The summed E-state index contributed by atoms with van der Waals surface area (Å²) in [5, 5.41) is 11.0. The molecule has 1 amide bonds. The minimum absolute atomic E-state index is 0.0966. The van der Waals surface area contributed by atoms with Crippen molar-refractivity contribution in [2.75, 3.05) is 14.2 Å². The van der Waals surface area contributed by atoms with E-state index in [0.717, 1.165) is 5.56 Å². The fourth-order valence-electron chi connectivity index (χ4n) is 3.79. The molecule has 1 aromatic carbocycles. The van der Waals surface area contributed by atoms with Crippen molar-refractivity contribution in [3.63, 3.8) is 0 Å². The molecule has 12 heteroatoms. The number of methoxy groups -OCH3 is 2. The Labute approximate surface area is 196 Å². The molecule has 0 spiro atoms. The molecule has 2 heterocycles. The topological polar surface area (TPSA) is 140 Å². The molecule has 34 heavy (non-hydrogen) atoms. The number of nitrogens with one attached hydrogen (secondary N) is 1. The summed E-state index contributed by atoms with van der Waals surface area (Å²) in [6.45, 7) is 3.85. The number of carbonyl (C=O) groups excluding carboxylic acids is 3. The second kappa shape index (κ2) is 11.1. The minimum Gasteiger partial charge on any atom is -0.497 e. The van der Waals surface area contributed by atoms with Gasteiger partial charge < -0.3 is 29.0 Å². The molecule has 1 saturated heterocycles. The maximum Gasteiger partial charge on any atom is 0.303 e. The number of nitrogens with zero attached hydrogens (tertiary/aromatic N) is 3. The van der Waals surface area contributed by atoms with Gasteiger partial charge in [-0.15, -0.1) is 5.10 Å². The number of aromatic nitrogens is 3. The van der Waals surface area contributed by atoms with Crippen molar-refractivity contribution >= 4 is 17.8 Å². The van der Waals surface area contributed by atoms with Crippen LogP contribution in [0.3, 0.4) is 0 Å². The van der Waals surface area contributed by atoms with Crippen LogP contribution in [0.25, 0.3) is 11.3 Å². The summed E-state index contributed by atoms with van der Waals surface area (Å²) in [7, 11) is 2.97. The zero-order valence-corrected chi connectivity index (χ0v) is 19.6. The Kier molecular flexibility index (Phi) is 8.18. The lowest BCUT2D eigenvalue weighted by molar-refractivity contribution is -0.267. The molecular formula is C22H28N4O8. The van der Waals surface area contributed by atoms with Crippen LogP contribution in [0.1, 0.15) is 20.8 Å². The Morgan fingerprint density at radius 2 is 1.79 bits per heavy atom. The lowest BCUT2D eigenvalue weighted by atomic mass is 9.95. The molecule has 1 fully saturated rings. The number of carbonyl (C=O) groups is 3. The molecule has 1 aromatic heterocycles. The first kappa shape index (κ1) is 25.1. The van der Waals surface area contributed by atoms with Crippen LogP contribution in [-0.2, 0) is 39.9 Å². The molecule has 1 unspecified atom stereocenters. The Morgan fingerprint density at radius 3 is 2.41 bits per heavy atom. The SMILES string of the molecule is COc1cccc(-c2cn(C[C@H]3OC(OC)[C@H](NC(C)=O)[C@@H](OC(C)=O)[C@H]3OC(C)=O)nn2)c1. The van der Waals surface area contributed by atoms with Crippen LogP contribution in [0.5, 0.6) is 5.75 Å². The molecule has 184 valence electrons. The Hall–Kier alpha value is -3.51. The zero-order chi connectivity index (χ0) is 24.8. The summed E-state index contributed by atoms with van der Waals surface area (Å²) in [5.74, 6) is -0.946. The molecule has 1 N–H and O–H groups in total. The quantitative estimate of drug-likeness (QED) is 0.541. The lowest BCUT2D eigenvalue weighted by Crippen LogP contribution is -2.66. The number of hydrogen-bond donors (Lipinski definition) is 1. The van der Waals surface area contributed by atoms with Gasteiger partial charge in [-0.3, -0.25) is 14.4 Å². The average molecular weight is 476 g/mol. The number of hydrogen-bond acceptors (Lipinski definition) is 10. The lowest BCUT2D eigenvalue weighted by Gasteiger charge is -2.44. The summed E-state index contributed by atoms with van der Waals surface area (Å²) in [6.07, 6.45) is -2.22. The van der Waals surface area contributed by atoms with Gasteiger partial charge in [0.25, 0.3) is 0 Å². The van der Waals surface area contributed by atoms with E-state index in [0.29, 0.717) is 11.4 Å². The van der Waals surface area contributed by atoms with Gasteiger partial charge >= 0.3 is 11.9 Å². The summed E-state index contributed by atoms with van der Waals surface area (Å²) in [5.41, 5.74) is 1.39. The largest absolute Gasteiger partial charge is 0.497 e. The number of benzene rings is 1. The normalized spacial score (nSPS) is 24.2. The summed E-state index contributed by atoms with van der Waals surface area (Å²) in [4.78, 5) is 35.5. The Balaban J connectivity index is 1.90. The van der Waals surface area contributed by atoms with Crippen LogP contribution in [0.2, 0.25) is 0 Å². The van der Waals surface area contributed by atoms with Gasteiger partial charge in [0.2, 0.25) is 5.91 Å². The van der Waals surface area contributed by atoms with Gasteiger partial charge in [-0.25, -0.2) is 4.68 Å². The third kappa shape index (κ3) is 6.08. The highest BCUT2D eigenvalue weighted by Crippen LogP contribution is 2.29. The highest BCUT2D eigenvalue weighted by Gasteiger charge is 2.50. The fraction of sp³-hybridized carbons (Fsp3) is 0.500. The van der Waals surface area contributed by atoms with Crippen molar-refractivity contribution < 1.29 is 38.1 Å². The summed E-state index contributed by atoms with van der Waals surface area (Å²) in [6, 6.07) is 6.44. The molecule has 1 aliphatic heterocycles. The first-order chi connectivity index (χ1) is 16.2. The van der Waals surface area contributed by atoms with Gasteiger partial charge in [-0.05, 0) is 12.1 Å². The third-order valence-corrected chi connectivity index (χ3v) is 5.12. The molecule has 0 aliphatic carbocycles. The minimum atomic E-state index is -1.06. The molecular weight excluding hydrogens is 448 g/mol. The van der Waals surface area contributed by atoms with Crippen LogP contribution in [0.15, 0.2) is 30.5 Å². The van der Waals surface area contributed by atoms with Crippen molar-refractivity contribution in [1.29, 1.82) is 0 Å². The first-order valence-corrected chi connectivity index (χ1v) is 10.6. The average Bonchev–Trinajstić information content (AvgIpc) is 3.25. The van der Waals surface area contributed by atoms with E-state index in [1.807, 2.05) is 24.3 Å². The van der Waals surface area contributed by atoms with E-state index in [1.165, 1.54) is 32.6 Å². The van der Waals surface area contributed by atoms with Crippen LogP contribution in [0.4, 0.5) is 0 Å². The van der Waals surface area contributed by atoms with E-state index in [1.54, 1.807) is 13.3 Å². The van der Waals surface area contributed by atoms with Crippen molar-refractivity contribution in [3.05, 3.63) is 30.5 Å². The third-order valence-electron chi connectivity index (χ3n) is 5.12. The van der Waals surface area contributed by atoms with Crippen molar-refractivity contribution in [2.24, 2.45) is 0 Å². The highest BCUT2D eigenvalue weighted by molar-refractivity contribution is 5.73. The predicted molar refractivity (Wildman–Crippen MR) is 116 cm³/mol. The van der Waals surface area contributed by atoms with E-state index >= 15 is 0 Å². The van der Waals surface area contributed by atoms with Gasteiger partial charge in [-0.1, -0.05) is 17.3 Å². The van der Waals surface area contributed by atoms with Crippen molar-refractivity contribution in [3.8, 4) is 17.0 Å². The van der Waals surface area contributed by atoms with E-state index in [-0.39, 0.29) is 6.54 Å². The van der Waals surface area contributed by atoms with Gasteiger partial charge in [0.05, 0.1) is 19.9 Å². The molecule has 0 radical (unpaired) electrons. The highest BCUT2D eigenvalue weighted by atomic mass is 16.7. The molecule has 2 aromatic rings. The second-order valence-corrected chi connectivity index (χ2v) is 7.71. The molecule has 12 nitrogen and oxygen atoms in total. The molecule has 3 rings (SSSR count). The van der Waals surface area contributed by atoms with Crippen LogP contribution in [0, 0.1) is 0 Å². The summed E-state index contributed by atoms with van der Waals surface area (Å²) >= 11 is 0. The molecule has 1 aliphatic rings. The predicted octanol–water partition coefficient (Wildman–Crippen LogP) is 0.693. The maximum atomic E-state index is 11.9. The van der Waals surface area contributed by atoms with Gasteiger partial charge in [-0.2, -0.15) is 0 Å². The van der Waals surface area contributed by atoms with Crippen molar-refractivity contribution in [1.82, 2.24) is 20.3 Å². The van der Waals surface area contributed by atoms with E-state index in [9.17, 15) is 14.4 Å². The van der Waals surface area contributed by atoms with Gasteiger partial charge in [0.1, 0.15) is 23.6 Å². The first-order valence-electron chi connectivity index (χ1n) is 10.6.